The molecule has 1 atom stereocenters. The van der Waals surface area contributed by atoms with Crippen molar-refractivity contribution < 1.29 is 0 Å². The van der Waals surface area contributed by atoms with Crippen LogP contribution in [0.3, 0.4) is 0 Å². The second kappa shape index (κ2) is 12.3. The number of amidine groups is 1. The molecule has 0 spiro atoms. The molecule has 232 valence electrons. The van der Waals surface area contributed by atoms with Gasteiger partial charge in [0.05, 0.1) is 11.0 Å². The summed E-state index contributed by atoms with van der Waals surface area (Å²) in [5.41, 5.74) is 10.7. The van der Waals surface area contributed by atoms with Crippen molar-refractivity contribution in [3.8, 4) is 28.2 Å². The predicted molar refractivity (Wildman–Crippen MR) is 203 cm³/mol. The number of benzene rings is 7. The molecule has 1 aromatic heterocycles. The van der Waals surface area contributed by atoms with Crippen LogP contribution in [0, 0.1) is 0 Å². The van der Waals surface area contributed by atoms with Crippen LogP contribution in [0.2, 0.25) is 0 Å². The monoisotopic (exact) mass is 627 g/mol. The second-order valence-electron chi connectivity index (χ2n) is 12.2. The molecule has 4 nitrogen and oxygen atoms in total. The molecular formula is C45H31N4-. The highest BCUT2D eigenvalue weighted by Crippen LogP contribution is 2.39. The number of rotatable bonds is 6. The lowest BCUT2D eigenvalue weighted by atomic mass is 9.93. The minimum atomic E-state index is -0.130. The van der Waals surface area contributed by atoms with Crippen LogP contribution in [0.25, 0.3) is 61.0 Å². The fourth-order valence-electron chi connectivity index (χ4n) is 6.82. The van der Waals surface area contributed by atoms with Gasteiger partial charge in [0.25, 0.3) is 0 Å². The summed E-state index contributed by atoms with van der Waals surface area (Å²) in [6.07, 6.45) is 2.17. The minimum Gasteiger partial charge on any atom is -0.454 e. The van der Waals surface area contributed by atoms with Crippen LogP contribution in [-0.4, -0.2) is 15.4 Å². The van der Waals surface area contributed by atoms with E-state index in [-0.39, 0.29) is 6.04 Å². The van der Waals surface area contributed by atoms with Gasteiger partial charge < -0.3 is 10.3 Å². The van der Waals surface area contributed by atoms with Gasteiger partial charge in [-0.05, 0) is 68.6 Å². The Balaban J connectivity index is 1.12. The van der Waals surface area contributed by atoms with Gasteiger partial charge in [-0.1, -0.05) is 164 Å². The number of aromatic nitrogens is 2. The Morgan fingerprint density at radius 3 is 1.84 bits per heavy atom. The van der Waals surface area contributed by atoms with Gasteiger partial charge >= 0.3 is 0 Å². The first-order valence-corrected chi connectivity index (χ1v) is 16.6. The largest absolute Gasteiger partial charge is 0.454 e. The summed E-state index contributed by atoms with van der Waals surface area (Å²) in [5.74, 6) is 1.67. The lowest BCUT2D eigenvalue weighted by Crippen LogP contribution is -2.11. The maximum absolute atomic E-state index is 5.21. The molecule has 9 rings (SSSR count). The van der Waals surface area contributed by atoms with Crippen LogP contribution in [0.1, 0.15) is 22.7 Å². The number of hydrogen-bond donors (Lipinski definition) is 0. The summed E-state index contributed by atoms with van der Waals surface area (Å²) < 4.78 is 2.24. The van der Waals surface area contributed by atoms with E-state index in [1.54, 1.807) is 0 Å². The SMILES string of the molecule is C1=C(c2ccccc2)N=C(c2ccc(-c3ccc(-c4nc5ccccc5n4-c4ccccc4)cc3)c3ccccc23)[N-]C1c1ccccc1. The predicted octanol–water partition coefficient (Wildman–Crippen LogP) is 11.4. The van der Waals surface area contributed by atoms with E-state index in [9.17, 15) is 0 Å². The smallest absolute Gasteiger partial charge is 0.145 e. The van der Waals surface area contributed by atoms with Gasteiger partial charge in [-0.2, -0.15) is 0 Å². The second-order valence-corrected chi connectivity index (χ2v) is 12.2. The van der Waals surface area contributed by atoms with Crippen molar-refractivity contribution in [2.45, 2.75) is 6.04 Å². The highest BCUT2D eigenvalue weighted by atomic mass is 15.1. The third kappa shape index (κ3) is 5.30. The van der Waals surface area contributed by atoms with Gasteiger partial charge in [0.15, 0.2) is 0 Å². The number of para-hydroxylation sites is 3. The number of fused-ring (bicyclic) bond motifs is 2. The number of imidazole rings is 1. The van der Waals surface area contributed by atoms with Gasteiger partial charge in [0, 0.05) is 17.3 Å². The van der Waals surface area contributed by atoms with Crippen LogP contribution in [0.15, 0.2) is 187 Å². The Kier molecular flexibility index (Phi) is 7.17. The molecule has 4 heteroatoms. The lowest BCUT2D eigenvalue weighted by Gasteiger charge is -2.34. The average Bonchev–Trinajstić information content (AvgIpc) is 3.58. The lowest BCUT2D eigenvalue weighted by molar-refractivity contribution is 1.04. The Bertz CT molecular complexity index is 2490. The molecule has 0 aliphatic carbocycles. The Labute approximate surface area is 285 Å². The first-order valence-electron chi connectivity index (χ1n) is 16.6. The zero-order valence-electron chi connectivity index (χ0n) is 26.7. The van der Waals surface area contributed by atoms with E-state index < -0.39 is 0 Å². The molecule has 1 aliphatic heterocycles. The van der Waals surface area contributed by atoms with Crippen LogP contribution in [0.5, 0.6) is 0 Å². The topological polar surface area (TPSA) is 44.3 Å². The van der Waals surface area contributed by atoms with Crippen molar-refractivity contribution >= 4 is 33.3 Å². The first-order chi connectivity index (χ1) is 24.3. The molecule has 0 saturated carbocycles. The number of hydrogen-bond acceptors (Lipinski definition) is 2. The van der Waals surface area contributed by atoms with E-state index in [4.69, 9.17) is 15.3 Å². The van der Waals surface area contributed by atoms with Gasteiger partial charge in [-0.15, -0.1) is 0 Å². The van der Waals surface area contributed by atoms with Crippen LogP contribution >= 0.6 is 0 Å². The van der Waals surface area contributed by atoms with Crippen LogP contribution in [-0.2, 0) is 0 Å². The molecule has 0 radical (unpaired) electrons. The highest BCUT2D eigenvalue weighted by Gasteiger charge is 2.17. The van der Waals surface area contributed by atoms with E-state index in [1.807, 2.05) is 24.3 Å². The molecule has 0 fully saturated rings. The summed E-state index contributed by atoms with van der Waals surface area (Å²) in [5, 5.41) is 7.50. The Hall–Kier alpha value is -6.52. The third-order valence-corrected chi connectivity index (χ3v) is 9.21. The molecule has 7 aromatic carbocycles. The van der Waals surface area contributed by atoms with Crippen molar-refractivity contribution in [1.82, 2.24) is 9.55 Å². The average molecular weight is 628 g/mol. The summed E-state index contributed by atoms with van der Waals surface area (Å²) in [6.45, 7) is 0. The van der Waals surface area contributed by atoms with Crippen molar-refractivity contribution in [1.29, 1.82) is 0 Å². The molecular weight excluding hydrogens is 597 g/mol. The summed E-state index contributed by atoms with van der Waals surface area (Å²) in [7, 11) is 0. The summed E-state index contributed by atoms with van der Waals surface area (Å²) >= 11 is 0. The Morgan fingerprint density at radius 1 is 0.490 bits per heavy atom. The molecule has 8 aromatic rings. The van der Waals surface area contributed by atoms with E-state index in [0.717, 1.165) is 78.2 Å². The number of aliphatic imine (C=N–C) groups is 1. The van der Waals surface area contributed by atoms with Crippen molar-refractivity contribution in [2.75, 3.05) is 0 Å². The molecule has 0 bridgehead atoms. The van der Waals surface area contributed by atoms with E-state index in [2.05, 4.69) is 162 Å². The van der Waals surface area contributed by atoms with Crippen LogP contribution in [0.4, 0.5) is 0 Å². The first kappa shape index (κ1) is 28.7. The highest BCUT2D eigenvalue weighted by molar-refractivity contribution is 6.20. The fraction of sp³-hybridized carbons (Fsp3) is 0.0222. The molecule has 1 aliphatic rings. The zero-order valence-corrected chi connectivity index (χ0v) is 26.7. The maximum atomic E-state index is 5.21. The molecule has 49 heavy (non-hydrogen) atoms. The molecule has 0 saturated heterocycles. The molecule has 1 unspecified atom stereocenters. The Morgan fingerprint density at radius 2 is 1.08 bits per heavy atom. The van der Waals surface area contributed by atoms with E-state index in [1.165, 1.54) is 0 Å². The third-order valence-electron chi connectivity index (χ3n) is 9.21. The number of nitrogens with zero attached hydrogens (tertiary/aromatic N) is 4. The minimum absolute atomic E-state index is 0.130. The zero-order chi connectivity index (χ0) is 32.6. The van der Waals surface area contributed by atoms with Crippen molar-refractivity contribution in [3.63, 3.8) is 0 Å². The van der Waals surface area contributed by atoms with Gasteiger partial charge in [-0.25, -0.2) is 4.98 Å². The quantitative estimate of drug-likeness (QED) is 0.181. The standard InChI is InChI=1S/C45H31N4/c1-4-14-32(15-5-1)41-30-42(33-16-6-2-7-17-33)47-44(46-41)39-29-28-36(37-20-10-11-21-38(37)39)31-24-26-34(27-25-31)45-48-40-22-12-13-23-43(40)49(45)35-18-8-3-9-19-35/h1-30,41H/q-1. The fourth-order valence-corrected chi connectivity index (χ4v) is 6.82. The van der Waals surface area contributed by atoms with E-state index in [0.29, 0.717) is 0 Å². The maximum Gasteiger partial charge on any atom is 0.145 e. The van der Waals surface area contributed by atoms with Crippen molar-refractivity contribution in [3.05, 3.63) is 204 Å². The van der Waals surface area contributed by atoms with E-state index >= 15 is 0 Å². The van der Waals surface area contributed by atoms with Gasteiger partial charge in [0.1, 0.15) is 5.82 Å². The normalized spacial score (nSPS) is 14.3. The van der Waals surface area contributed by atoms with Crippen molar-refractivity contribution in [2.24, 2.45) is 4.99 Å². The molecule has 0 amide bonds. The van der Waals surface area contributed by atoms with Crippen LogP contribution < -0.4 is 0 Å². The molecule has 0 N–H and O–H groups in total. The summed E-state index contributed by atoms with van der Waals surface area (Å²) in [4.78, 5) is 10.2. The summed E-state index contributed by atoms with van der Waals surface area (Å²) in [6, 6.07) is 61.2. The van der Waals surface area contributed by atoms with Gasteiger partial charge in [-0.3, -0.25) is 4.57 Å². The van der Waals surface area contributed by atoms with Gasteiger partial charge in [0.2, 0.25) is 0 Å². The molecule has 2 heterocycles.